The van der Waals surface area contributed by atoms with Crippen molar-refractivity contribution in [2.45, 2.75) is 37.2 Å². The van der Waals surface area contributed by atoms with Gasteiger partial charge in [-0.2, -0.15) is 0 Å². The second kappa shape index (κ2) is 9.33. The maximum absolute atomic E-state index is 12.2. The summed E-state index contributed by atoms with van der Waals surface area (Å²) in [6.07, 6.45) is 2.46. The lowest BCUT2D eigenvalue weighted by molar-refractivity contribution is -0.138. The van der Waals surface area contributed by atoms with Crippen LogP contribution in [0.25, 0.3) is 0 Å². The molecule has 0 aromatic rings. The smallest absolute Gasteiger partial charge is 0.330 e. The van der Waals surface area contributed by atoms with E-state index in [1.807, 2.05) is 0 Å². The second-order valence-electron chi connectivity index (χ2n) is 4.53. The number of rotatable bonds is 10. The summed E-state index contributed by atoms with van der Waals surface area (Å²) in [4.78, 5) is 21.7. The molecule has 0 fully saturated rings. The fourth-order valence-electron chi connectivity index (χ4n) is 1.49. The normalized spacial score (nSPS) is 13.8. The Labute approximate surface area is 125 Å². The third-order valence-electron chi connectivity index (χ3n) is 2.99. The van der Waals surface area contributed by atoms with Gasteiger partial charge in [-0.1, -0.05) is 13.2 Å². The van der Waals surface area contributed by atoms with E-state index in [-0.39, 0.29) is 26.1 Å². The molecule has 120 valence electrons. The molecule has 0 amide bonds. The molecule has 21 heavy (non-hydrogen) atoms. The van der Waals surface area contributed by atoms with Gasteiger partial charge in [0.05, 0.1) is 23.7 Å². The third kappa shape index (κ3) is 7.08. The van der Waals surface area contributed by atoms with Gasteiger partial charge < -0.3 is 9.47 Å². The Kier molecular flexibility index (Phi) is 8.61. The zero-order valence-electron chi connectivity index (χ0n) is 12.4. The first kappa shape index (κ1) is 19.4. The van der Waals surface area contributed by atoms with Crippen LogP contribution in [0, 0.1) is 0 Å². The molecule has 0 aliphatic carbocycles. The van der Waals surface area contributed by atoms with E-state index in [1.165, 1.54) is 0 Å². The highest BCUT2D eigenvalue weighted by Gasteiger charge is 2.27. The van der Waals surface area contributed by atoms with Gasteiger partial charge in [-0.05, 0) is 26.7 Å². The van der Waals surface area contributed by atoms with Gasteiger partial charge in [0.25, 0.3) is 0 Å². The number of carbonyl (C=O) groups excluding carboxylic acids is 2. The van der Waals surface area contributed by atoms with Crippen LogP contribution in [0.3, 0.4) is 0 Å². The van der Waals surface area contributed by atoms with Gasteiger partial charge in [0.2, 0.25) is 0 Å². The lowest BCUT2D eigenvalue weighted by atomic mass is 10.3. The van der Waals surface area contributed by atoms with Gasteiger partial charge in [-0.25, -0.2) is 18.0 Å². The Balaban J connectivity index is 4.30. The maximum atomic E-state index is 12.2. The fraction of sp³-hybridized carbons (Fsp3) is 0.571. The van der Waals surface area contributed by atoms with Crippen molar-refractivity contribution < 1.29 is 27.5 Å². The van der Waals surface area contributed by atoms with Gasteiger partial charge in [-0.15, -0.1) is 0 Å². The molecular formula is C14H22O6S. The minimum atomic E-state index is -3.38. The summed E-state index contributed by atoms with van der Waals surface area (Å²) in [6.45, 7) is 9.65. The molecule has 0 aliphatic heterocycles. The highest BCUT2D eigenvalue weighted by Crippen LogP contribution is 2.15. The van der Waals surface area contributed by atoms with Crippen LogP contribution in [0.15, 0.2) is 25.3 Å². The topological polar surface area (TPSA) is 86.7 Å². The summed E-state index contributed by atoms with van der Waals surface area (Å²) in [7, 11) is -3.38. The zero-order valence-corrected chi connectivity index (χ0v) is 13.2. The number of esters is 2. The van der Waals surface area contributed by atoms with Crippen molar-refractivity contribution in [3.63, 3.8) is 0 Å². The number of hydrogen-bond donors (Lipinski definition) is 0. The number of hydrogen-bond acceptors (Lipinski definition) is 6. The standard InChI is InChI=1S/C14H22O6S/c1-5-13(15)19-9-7-11(3)21(17,18)12(4)8-10-20-14(16)6-2/h5-6,11-12H,1-2,7-10H2,3-4H3. The van der Waals surface area contributed by atoms with Crippen LogP contribution in [0.5, 0.6) is 0 Å². The van der Waals surface area contributed by atoms with Crippen LogP contribution in [0.2, 0.25) is 0 Å². The van der Waals surface area contributed by atoms with Crippen LogP contribution < -0.4 is 0 Å². The first-order chi connectivity index (χ1) is 9.75. The molecule has 0 saturated heterocycles. The van der Waals surface area contributed by atoms with E-state index in [2.05, 4.69) is 13.2 Å². The maximum Gasteiger partial charge on any atom is 0.330 e. The number of sulfone groups is 1. The molecule has 6 nitrogen and oxygen atoms in total. The largest absolute Gasteiger partial charge is 0.462 e. The first-order valence-corrected chi connectivity index (χ1v) is 8.17. The van der Waals surface area contributed by atoms with Crippen molar-refractivity contribution in [2.75, 3.05) is 13.2 Å². The third-order valence-corrected chi connectivity index (χ3v) is 5.71. The van der Waals surface area contributed by atoms with E-state index in [9.17, 15) is 18.0 Å². The molecule has 0 spiro atoms. The van der Waals surface area contributed by atoms with E-state index in [4.69, 9.17) is 9.47 Å². The quantitative estimate of drug-likeness (QED) is 0.447. The van der Waals surface area contributed by atoms with Crippen molar-refractivity contribution in [1.82, 2.24) is 0 Å². The Morgan fingerprint density at radius 2 is 1.29 bits per heavy atom. The van der Waals surface area contributed by atoms with Crippen molar-refractivity contribution >= 4 is 21.8 Å². The average molecular weight is 318 g/mol. The molecule has 0 rings (SSSR count). The molecule has 2 atom stereocenters. The summed E-state index contributed by atoms with van der Waals surface area (Å²) in [5, 5.41) is -1.31. The summed E-state index contributed by atoms with van der Waals surface area (Å²) in [6, 6.07) is 0. The summed E-state index contributed by atoms with van der Waals surface area (Å²) in [5.74, 6) is -1.16. The molecule has 0 heterocycles. The minimum absolute atomic E-state index is 0.0173. The Hall–Kier alpha value is -1.63. The summed E-state index contributed by atoms with van der Waals surface area (Å²) in [5.41, 5.74) is 0. The SMILES string of the molecule is C=CC(=O)OCCC(C)S(=O)(=O)C(C)CCOC(=O)C=C. The molecule has 0 saturated carbocycles. The second-order valence-corrected chi connectivity index (χ2v) is 7.32. The highest BCUT2D eigenvalue weighted by molar-refractivity contribution is 7.92. The summed E-state index contributed by atoms with van der Waals surface area (Å²) >= 11 is 0. The van der Waals surface area contributed by atoms with Gasteiger partial charge in [0, 0.05) is 12.2 Å². The lowest BCUT2D eigenvalue weighted by Gasteiger charge is -2.18. The highest BCUT2D eigenvalue weighted by atomic mass is 32.2. The molecule has 0 aromatic carbocycles. The Morgan fingerprint density at radius 1 is 0.952 bits per heavy atom. The predicted octanol–water partition coefficient (Wildman–Crippen LogP) is 1.42. The molecule has 0 N–H and O–H groups in total. The fourth-order valence-corrected chi connectivity index (χ4v) is 3.14. The Bertz CT molecular complexity index is 442. The van der Waals surface area contributed by atoms with Gasteiger partial charge >= 0.3 is 11.9 Å². The molecule has 0 aliphatic rings. The van der Waals surface area contributed by atoms with Crippen LogP contribution >= 0.6 is 0 Å². The van der Waals surface area contributed by atoms with E-state index < -0.39 is 32.3 Å². The van der Waals surface area contributed by atoms with Crippen molar-refractivity contribution in [3.05, 3.63) is 25.3 Å². The molecule has 0 radical (unpaired) electrons. The van der Waals surface area contributed by atoms with Crippen molar-refractivity contribution in [3.8, 4) is 0 Å². The monoisotopic (exact) mass is 318 g/mol. The molecule has 0 bridgehead atoms. The predicted molar refractivity (Wildman–Crippen MR) is 79.4 cm³/mol. The molecular weight excluding hydrogens is 296 g/mol. The van der Waals surface area contributed by atoms with Crippen LogP contribution in [0.1, 0.15) is 26.7 Å². The first-order valence-electron chi connectivity index (χ1n) is 6.56. The molecule has 7 heteroatoms. The van der Waals surface area contributed by atoms with Gasteiger partial charge in [0.15, 0.2) is 9.84 Å². The van der Waals surface area contributed by atoms with Crippen LogP contribution in [-0.4, -0.2) is 44.1 Å². The average Bonchev–Trinajstić information content (AvgIpc) is 2.46. The van der Waals surface area contributed by atoms with E-state index in [0.717, 1.165) is 12.2 Å². The minimum Gasteiger partial charge on any atom is -0.462 e. The van der Waals surface area contributed by atoms with Crippen molar-refractivity contribution in [2.24, 2.45) is 0 Å². The van der Waals surface area contributed by atoms with Gasteiger partial charge in [0.1, 0.15) is 0 Å². The number of carbonyl (C=O) groups is 2. The van der Waals surface area contributed by atoms with Gasteiger partial charge in [-0.3, -0.25) is 0 Å². The Morgan fingerprint density at radius 3 is 1.57 bits per heavy atom. The molecule has 2 unspecified atom stereocenters. The number of ether oxygens (including phenoxy) is 2. The van der Waals surface area contributed by atoms with Crippen molar-refractivity contribution in [1.29, 1.82) is 0 Å². The van der Waals surface area contributed by atoms with Crippen LogP contribution in [-0.2, 0) is 28.9 Å². The van der Waals surface area contributed by atoms with Crippen LogP contribution in [0.4, 0.5) is 0 Å². The molecule has 0 aromatic heterocycles. The zero-order chi connectivity index (χ0) is 16.5. The summed E-state index contributed by atoms with van der Waals surface area (Å²) < 4.78 is 33.9. The lowest BCUT2D eigenvalue weighted by Crippen LogP contribution is -2.30. The van der Waals surface area contributed by atoms with E-state index in [0.29, 0.717) is 0 Å². The van der Waals surface area contributed by atoms with E-state index in [1.54, 1.807) is 13.8 Å². The van der Waals surface area contributed by atoms with E-state index >= 15 is 0 Å².